The molecule has 29 heavy (non-hydrogen) atoms. The fraction of sp³-hybridized carbons (Fsp3) is 0.500. The fourth-order valence-corrected chi connectivity index (χ4v) is 4.35. The van der Waals surface area contributed by atoms with Crippen LogP contribution in [0.4, 0.5) is 0 Å². The number of aryl methyl sites for hydroxylation is 1. The predicted octanol–water partition coefficient (Wildman–Crippen LogP) is 2.36. The lowest BCUT2D eigenvalue weighted by atomic mass is 9.98. The first-order chi connectivity index (χ1) is 14.2. The van der Waals surface area contributed by atoms with E-state index in [9.17, 15) is 4.79 Å². The van der Waals surface area contributed by atoms with Gasteiger partial charge in [0.15, 0.2) is 0 Å². The van der Waals surface area contributed by atoms with E-state index in [4.69, 9.17) is 10.00 Å². The third-order valence-electron chi connectivity index (χ3n) is 5.83. The van der Waals surface area contributed by atoms with Crippen LogP contribution in [-0.2, 0) is 11.8 Å². The second kappa shape index (κ2) is 8.76. The van der Waals surface area contributed by atoms with Crippen molar-refractivity contribution in [3.63, 3.8) is 0 Å². The summed E-state index contributed by atoms with van der Waals surface area (Å²) in [4.78, 5) is 17.7. The van der Waals surface area contributed by atoms with Crippen LogP contribution in [0.3, 0.4) is 0 Å². The Balaban J connectivity index is 1.61. The highest BCUT2D eigenvalue weighted by Gasteiger charge is 2.38. The molecule has 152 valence electrons. The van der Waals surface area contributed by atoms with Crippen molar-refractivity contribution in [2.24, 2.45) is 7.05 Å². The molecule has 0 unspecified atom stereocenters. The molecule has 7 nitrogen and oxygen atoms in total. The Kier molecular flexibility index (Phi) is 5.93. The molecule has 0 bridgehead atoms. The van der Waals surface area contributed by atoms with Crippen molar-refractivity contribution in [3.05, 3.63) is 53.3 Å². The van der Waals surface area contributed by atoms with E-state index in [-0.39, 0.29) is 18.1 Å². The number of carbonyl (C=O) groups excluding carboxylic acids is 1. The first-order valence-corrected chi connectivity index (χ1v) is 10.3. The number of nitrogens with zero attached hydrogens (tertiary/aromatic N) is 5. The van der Waals surface area contributed by atoms with Gasteiger partial charge in [0.05, 0.1) is 36.6 Å². The Hall–Kier alpha value is -2.69. The van der Waals surface area contributed by atoms with Gasteiger partial charge in [0.1, 0.15) is 0 Å². The lowest BCUT2D eigenvalue weighted by molar-refractivity contribution is -0.0741. The number of carbonyl (C=O) groups is 1. The summed E-state index contributed by atoms with van der Waals surface area (Å²) < 4.78 is 7.96. The van der Waals surface area contributed by atoms with Gasteiger partial charge in [-0.3, -0.25) is 9.48 Å². The monoisotopic (exact) mass is 393 g/mol. The third kappa shape index (κ3) is 4.34. The van der Waals surface area contributed by atoms with Crippen molar-refractivity contribution in [2.75, 3.05) is 32.8 Å². The Morgan fingerprint density at radius 1 is 1.21 bits per heavy atom. The van der Waals surface area contributed by atoms with Gasteiger partial charge in [-0.1, -0.05) is 6.42 Å². The number of morpholine rings is 1. The second-order valence-corrected chi connectivity index (χ2v) is 7.85. The molecule has 0 spiro atoms. The zero-order chi connectivity index (χ0) is 20.2. The van der Waals surface area contributed by atoms with Crippen LogP contribution in [0.15, 0.2) is 36.7 Å². The number of hydrogen-bond donors (Lipinski definition) is 0. The highest BCUT2D eigenvalue weighted by molar-refractivity contribution is 5.94. The number of ether oxygens (including phenoxy) is 1. The quantitative estimate of drug-likeness (QED) is 0.797. The molecule has 1 amide bonds. The van der Waals surface area contributed by atoms with E-state index < -0.39 is 0 Å². The van der Waals surface area contributed by atoms with Crippen molar-refractivity contribution in [1.29, 1.82) is 5.26 Å². The van der Waals surface area contributed by atoms with Gasteiger partial charge in [-0.25, -0.2) is 0 Å². The molecule has 2 atom stereocenters. The molecule has 1 aromatic carbocycles. The zero-order valence-electron chi connectivity index (χ0n) is 16.8. The number of nitriles is 1. The maximum absolute atomic E-state index is 13.4. The highest BCUT2D eigenvalue weighted by Crippen LogP contribution is 2.32. The van der Waals surface area contributed by atoms with Gasteiger partial charge < -0.3 is 14.5 Å². The molecule has 3 heterocycles. The standard InChI is InChI=1S/C22H27N5O2/c1-25-15-19(14-24-25)21-20(16-26-9-3-2-4-10-26)29-12-11-27(21)22(28)18-7-5-17(13-23)6-8-18/h5-8,14-15,20-21H,2-4,9-12,16H2,1H3/t20-,21-/m0/s1. The van der Waals surface area contributed by atoms with Gasteiger partial charge in [0, 0.05) is 37.5 Å². The Morgan fingerprint density at radius 2 is 1.97 bits per heavy atom. The van der Waals surface area contributed by atoms with Gasteiger partial charge >= 0.3 is 0 Å². The van der Waals surface area contributed by atoms with Crippen LogP contribution in [0.1, 0.15) is 46.8 Å². The van der Waals surface area contributed by atoms with Gasteiger partial charge in [0.2, 0.25) is 0 Å². The third-order valence-corrected chi connectivity index (χ3v) is 5.83. The molecule has 0 radical (unpaired) electrons. The summed E-state index contributed by atoms with van der Waals surface area (Å²) in [5, 5.41) is 13.4. The molecule has 0 saturated carbocycles. The van der Waals surface area contributed by atoms with Crippen molar-refractivity contribution >= 4 is 5.91 Å². The Labute approximate surface area is 171 Å². The SMILES string of the molecule is Cn1cc([C@H]2[C@H](CN3CCCCC3)OCCN2C(=O)c2ccc(C#N)cc2)cn1. The number of aromatic nitrogens is 2. The van der Waals surface area contributed by atoms with Gasteiger partial charge in [-0.15, -0.1) is 0 Å². The van der Waals surface area contributed by atoms with Gasteiger partial charge in [-0.2, -0.15) is 10.4 Å². The minimum absolute atomic E-state index is 0.0321. The van der Waals surface area contributed by atoms with Crippen molar-refractivity contribution in [3.8, 4) is 6.07 Å². The molecule has 2 aromatic rings. The molecule has 0 N–H and O–H groups in total. The first-order valence-electron chi connectivity index (χ1n) is 10.3. The lowest BCUT2D eigenvalue weighted by Crippen LogP contribution is -2.52. The normalized spacial score (nSPS) is 23.0. The van der Waals surface area contributed by atoms with E-state index in [0.717, 1.165) is 25.2 Å². The number of piperidine rings is 1. The van der Waals surface area contributed by atoms with E-state index in [1.54, 1.807) is 28.9 Å². The molecule has 2 saturated heterocycles. The maximum Gasteiger partial charge on any atom is 0.254 e. The topological polar surface area (TPSA) is 74.4 Å². The lowest BCUT2D eigenvalue weighted by Gasteiger charge is -2.43. The van der Waals surface area contributed by atoms with Crippen molar-refractivity contribution in [1.82, 2.24) is 19.6 Å². The number of benzene rings is 1. The van der Waals surface area contributed by atoms with Crippen LogP contribution < -0.4 is 0 Å². The molecule has 0 aliphatic carbocycles. The number of likely N-dealkylation sites (tertiary alicyclic amines) is 1. The summed E-state index contributed by atoms with van der Waals surface area (Å²) >= 11 is 0. The largest absolute Gasteiger partial charge is 0.373 e. The minimum atomic E-state index is -0.178. The van der Waals surface area contributed by atoms with Crippen LogP contribution in [0.25, 0.3) is 0 Å². The molecule has 2 fully saturated rings. The summed E-state index contributed by atoms with van der Waals surface area (Å²) in [7, 11) is 1.89. The molecular weight excluding hydrogens is 366 g/mol. The summed E-state index contributed by atoms with van der Waals surface area (Å²) in [6.07, 6.45) is 7.45. The molecular formula is C22H27N5O2. The smallest absolute Gasteiger partial charge is 0.254 e. The minimum Gasteiger partial charge on any atom is -0.373 e. The maximum atomic E-state index is 13.4. The first kappa shape index (κ1) is 19.6. The summed E-state index contributed by atoms with van der Waals surface area (Å²) in [6, 6.07) is 8.77. The predicted molar refractivity (Wildman–Crippen MR) is 108 cm³/mol. The second-order valence-electron chi connectivity index (χ2n) is 7.85. The Bertz CT molecular complexity index is 879. The average Bonchev–Trinajstić information content (AvgIpc) is 3.19. The molecule has 2 aliphatic rings. The zero-order valence-corrected chi connectivity index (χ0v) is 16.8. The van der Waals surface area contributed by atoms with Crippen molar-refractivity contribution < 1.29 is 9.53 Å². The average molecular weight is 393 g/mol. The van der Waals surface area contributed by atoms with E-state index in [1.165, 1.54) is 19.3 Å². The van der Waals surface area contributed by atoms with E-state index in [0.29, 0.717) is 24.3 Å². The number of hydrogen-bond acceptors (Lipinski definition) is 5. The van der Waals surface area contributed by atoms with Crippen LogP contribution in [0, 0.1) is 11.3 Å². The number of rotatable bonds is 4. The van der Waals surface area contributed by atoms with E-state index >= 15 is 0 Å². The van der Waals surface area contributed by atoms with Crippen molar-refractivity contribution in [2.45, 2.75) is 31.4 Å². The Morgan fingerprint density at radius 3 is 2.62 bits per heavy atom. The van der Waals surface area contributed by atoms with Crippen LogP contribution >= 0.6 is 0 Å². The summed E-state index contributed by atoms with van der Waals surface area (Å²) in [5.74, 6) is -0.0321. The highest BCUT2D eigenvalue weighted by atomic mass is 16.5. The fourth-order valence-electron chi connectivity index (χ4n) is 4.35. The molecule has 4 rings (SSSR count). The van der Waals surface area contributed by atoms with E-state index in [1.807, 2.05) is 24.3 Å². The van der Waals surface area contributed by atoms with Gasteiger partial charge in [0.25, 0.3) is 5.91 Å². The number of amides is 1. The van der Waals surface area contributed by atoms with Crippen LogP contribution in [0.5, 0.6) is 0 Å². The van der Waals surface area contributed by atoms with Crippen LogP contribution in [-0.4, -0.2) is 64.4 Å². The summed E-state index contributed by atoms with van der Waals surface area (Å²) in [5.41, 5.74) is 2.14. The van der Waals surface area contributed by atoms with Gasteiger partial charge in [-0.05, 0) is 50.2 Å². The summed E-state index contributed by atoms with van der Waals surface area (Å²) in [6.45, 7) is 4.05. The van der Waals surface area contributed by atoms with E-state index in [2.05, 4.69) is 16.1 Å². The molecule has 2 aliphatic heterocycles. The van der Waals surface area contributed by atoms with Crippen LogP contribution in [0.2, 0.25) is 0 Å². The molecule has 7 heteroatoms. The molecule has 1 aromatic heterocycles.